The van der Waals surface area contributed by atoms with Crippen LogP contribution in [0.3, 0.4) is 0 Å². The predicted molar refractivity (Wildman–Crippen MR) is 50.2 cm³/mol. The molecule has 0 fully saturated rings. The maximum atomic E-state index is 12.3. The maximum Gasteiger partial charge on any atom is 0.374 e. The number of rotatable bonds is 5. The summed E-state index contributed by atoms with van der Waals surface area (Å²) in [4.78, 5) is 0. The van der Waals surface area contributed by atoms with Crippen molar-refractivity contribution in [1.82, 2.24) is 4.31 Å². The Labute approximate surface area is 79.9 Å². The molecule has 13 heavy (non-hydrogen) atoms. The number of halogens is 1. The van der Waals surface area contributed by atoms with Gasteiger partial charge >= 0.3 is 10.4 Å². The zero-order valence-corrected chi connectivity index (χ0v) is 9.43. The van der Waals surface area contributed by atoms with Crippen LogP contribution in [0.15, 0.2) is 0 Å². The lowest BCUT2D eigenvalue weighted by Gasteiger charge is -2.24. The fraction of sp³-hybridized carbons (Fsp3) is 1.00. The summed E-state index contributed by atoms with van der Waals surface area (Å²) < 4.78 is 34.5. The summed E-state index contributed by atoms with van der Waals surface area (Å²) >= 11 is 0. The van der Waals surface area contributed by atoms with E-state index in [0.29, 0.717) is 6.42 Å². The second-order valence-electron chi connectivity index (χ2n) is 4.13. The Morgan fingerprint density at radius 2 is 1.77 bits per heavy atom. The molecule has 0 heterocycles. The van der Waals surface area contributed by atoms with Gasteiger partial charge in [-0.3, -0.25) is 0 Å². The molecule has 0 aliphatic rings. The second-order valence-corrected chi connectivity index (χ2v) is 5.58. The molecule has 0 radical (unpaired) electrons. The summed E-state index contributed by atoms with van der Waals surface area (Å²) in [5.74, 6) is 0. The highest BCUT2D eigenvalue weighted by Crippen LogP contribution is 2.01. The topological polar surface area (TPSA) is 37.4 Å². The highest BCUT2D eigenvalue weighted by Gasteiger charge is 2.16. The molecule has 6 heteroatoms. The molecule has 0 N–H and O–H groups in total. The molecule has 0 aromatic rings. The van der Waals surface area contributed by atoms with Crippen molar-refractivity contribution in [2.45, 2.75) is 6.42 Å². The first-order valence-corrected chi connectivity index (χ1v) is 5.43. The number of hydrogen-bond acceptors (Lipinski definition) is 2. The second kappa shape index (κ2) is 4.34. The lowest BCUT2D eigenvalue weighted by Crippen LogP contribution is -2.37. The molecule has 0 spiro atoms. The van der Waals surface area contributed by atoms with E-state index in [9.17, 15) is 12.3 Å². The van der Waals surface area contributed by atoms with E-state index in [2.05, 4.69) is 0 Å². The molecule has 0 aliphatic carbocycles. The minimum absolute atomic E-state index is 0.231. The molecule has 0 atom stereocenters. The van der Waals surface area contributed by atoms with Crippen molar-refractivity contribution < 1.29 is 16.8 Å². The molecule has 80 valence electrons. The molecule has 0 saturated heterocycles. The third-order valence-electron chi connectivity index (χ3n) is 1.67. The zero-order valence-electron chi connectivity index (χ0n) is 8.62. The van der Waals surface area contributed by atoms with E-state index in [1.807, 2.05) is 21.1 Å². The molecular formula is C7H18FN2O2S+. The molecule has 4 nitrogen and oxygen atoms in total. The van der Waals surface area contributed by atoms with Gasteiger partial charge in [-0.1, -0.05) is 3.89 Å². The largest absolute Gasteiger partial charge is 0.374 e. The highest BCUT2D eigenvalue weighted by molar-refractivity contribution is 7.83. The quantitative estimate of drug-likeness (QED) is 0.484. The summed E-state index contributed by atoms with van der Waals surface area (Å²) in [6, 6.07) is 0. The first-order chi connectivity index (χ1) is 5.63. The van der Waals surface area contributed by atoms with Gasteiger partial charge in [0.1, 0.15) is 0 Å². The Morgan fingerprint density at radius 3 is 2.08 bits per heavy atom. The van der Waals surface area contributed by atoms with Crippen LogP contribution in [0.1, 0.15) is 6.42 Å². The van der Waals surface area contributed by atoms with E-state index in [1.54, 1.807) is 0 Å². The monoisotopic (exact) mass is 213 g/mol. The maximum absolute atomic E-state index is 12.3. The van der Waals surface area contributed by atoms with Crippen molar-refractivity contribution in [2.24, 2.45) is 0 Å². The van der Waals surface area contributed by atoms with Gasteiger partial charge in [-0.05, 0) is 0 Å². The van der Waals surface area contributed by atoms with Crippen LogP contribution >= 0.6 is 0 Å². The first kappa shape index (κ1) is 12.8. The molecule has 0 aromatic carbocycles. The van der Waals surface area contributed by atoms with Gasteiger partial charge in [0.25, 0.3) is 0 Å². The van der Waals surface area contributed by atoms with Gasteiger partial charge in [-0.2, -0.15) is 12.7 Å². The predicted octanol–water partition coefficient (Wildman–Crippen LogP) is 0.229. The summed E-state index contributed by atoms with van der Waals surface area (Å²) in [6.45, 7) is 1.05. The van der Waals surface area contributed by atoms with Crippen molar-refractivity contribution in [3.63, 3.8) is 0 Å². The van der Waals surface area contributed by atoms with Crippen LogP contribution in [0.4, 0.5) is 3.89 Å². The van der Waals surface area contributed by atoms with Crippen LogP contribution in [-0.2, 0) is 10.4 Å². The van der Waals surface area contributed by atoms with Gasteiger partial charge in [0.05, 0.1) is 27.7 Å². The van der Waals surface area contributed by atoms with E-state index in [0.717, 1.165) is 15.3 Å². The van der Waals surface area contributed by atoms with E-state index in [-0.39, 0.29) is 6.54 Å². The number of quaternary nitrogens is 1. The number of hydrogen-bond donors (Lipinski definition) is 0. The van der Waals surface area contributed by atoms with Crippen molar-refractivity contribution in [2.75, 3.05) is 41.3 Å². The Hall–Kier alpha value is -0.200. The van der Waals surface area contributed by atoms with Crippen LogP contribution < -0.4 is 0 Å². The molecular weight excluding hydrogens is 195 g/mol. The van der Waals surface area contributed by atoms with Gasteiger partial charge in [-0.25, -0.2) is 0 Å². The third kappa shape index (κ3) is 6.92. The van der Waals surface area contributed by atoms with Gasteiger partial charge in [0, 0.05) is 20.0 Å². The average molecular weight is 213 g/mol. The van der Waals surface area contributed by atoms with Crippen LogP contribution in [0.5, 0.6) is 0 Å². The van der Waals surface area contributed by atoms with Crippen LogP contribution in [0, 0.1) is 0 Å². The summed E-state index contributed by atoms with van der Waals surface area (Å²) in [6.07, 6.45) is 0.656. The summed E-state index contributed by atoms with van der Waals surface area (Å²) in [5, 5.41) is 0. The van der Waals surface area contributed by atoms with Crippen LogP contribution in [0.25, 0.3) is 0 Å². The Balaban J connectivity index is 3.80. The van der Waals surface area contributed by atoms with Crippen molar-refractivity contribution >= 4 is 10.4 Å². The molecule has 0 saturated carbocycles. The molecule has 0 aliphatic heterocycles. The number of nitrogens with zero attached hydrogens (tertiary/aromatic N) is 2. The fourth-order valence-corrected chi connectivity index (χ4v) is 1.22. The molecule has 0 aromatic heterocycles. The van der Waals surface area contributed by atoms with Crippen molar-refractivity contribution in [3.05, 3.63) is 0 Å². The van der Waals surface area contributed by atoms with E-state index in [4.69, 9.17) is 0 Å². The fourth-order valence-electron chi connectivity index (χ4n) is 0.877. The lowest BCUT2D eigenvalue weighted by molar-refractivity contribution is -0.870. The molecule has 0 bridgehead atoms. The molecule has 0 unspecified atom stereocenters. The minimum Gasteiger partial charge on any atom is -0.331 e. The van der Waals surface area contributed by atoms with Crippen LogP contribution in [0.2, 0.25) is 0 Å². The van der Waals surface area contributed by atoms with Crippen LogP contribution in [-0.4, -0.2) is 58.5 Å². The third-order valence-corrected chi connectivity index (χ3v) is 2.60. The highest BCUT2D eigenvalue weighted by atomic mass is 32.3. The van der Waals surface area contributed by atoms with E-state index in [1.165, 1.54) is 7.05 Å². The van der Waals surface area contributed by atoms with E-state index >= 15 is 0 Å². The van der Waals surface area contributed by atoms with Gasteiger partial charge < -0.3 is 4.48 Å². The summed E-state index contributed by atoms with van der Waals surface area (Å²) in [5.41, 5.74) is 0. The van der Waals surface area contributed by atoms with E-state index < -0.39 is 10.4 Å². The van der Waals surface area contributed by atoms with Crippen molar-refractivity contribution in [1.29, 1.82) is 0 Å². The molecule has 0 rings (SSSR count). The Kier molecular flexibility index (Phi) is 4.28. The van der Waals surface area contributed by atoms with Gasteiger partial charge in [0.2, 0.25) is 0 Å². The van der Waals surface area contributed by atoms with Crippen molar-refractivity contribution in [3.8, 4) is 0 Å². The normalized spacial score (nSPS) is 13.7. The lowest BCUT2D eigenvalue weighted by atomic mass is 10.4. The summed E-state index contributed by atoms with van der Waals surface area (Å²) in [7, 11) is 2.76. The molecule has 0 amide bonds. The van der Waals surface area contributed by atoms with Gasteiger partial charge in [0.15, 0.2) is 0 Å². The SMILES string of the molecule is CN(CCC[N+](C)(C)C)S(=O)(=O)F. The Morgan fingerprint density at radius 1 is 1.31 bits per heavy atom. The van der Waals surface area contributed by atoms with Gasteiger partial charge in [-0.15, -0.1) is 0 Å². The minimum atomic E-state index is -4.49. The average Bonchev–Trinajstić information content (AvgIpc) is 1.82. The smallest absolute Gasteiger partial charge is 0.331 e. The zero-order chi connectivity index (χ0) is 10.7. The first-order valence-electron chi connectivity index (χ1n) is 4.09. The Bertz CT molecular complexity index is 246. The standard InChI is InChI=1S/C7H18FN2O2S/c1-9(13(8,11)12)6-5-7-10(2,3)4/h5-7H2,1-4H3/q+1.